The summed E-state index contributed by atoms with van der Waals surface area (Å²) < 4.78 is 38.8. The highest BCUT2D eigenvalue weighted by Gasteiger charge is 2.25. The van der Waals surface area contributed by atoms with Crippen LogP contribution in [0.5, 0.6) is 5.75 Å². The Labute approximate surface area is 180 Å². The second kappa shape index (κ2) is 8.68. The normalized spacial score (nSPS) is 11.2. The first-order valence-corrected chi connectivity index (χ1v) is 10.9. The van der Waals surface area contributed by atoms with Crippen LogP contribution in [0, 0.1) is 0 Å². The molecule has 0 bridgehead atoms. The average molecular weight is 445 g/mol. The van der Waals surface area contributed by atoms with Crippen molar-refractivity contribution < 1.29 is 27.2 Å². The van der Waals surface area contributed by atoms with E-state index >= 15 is 0 Å². The van der Waals surface area contributed by atoms with Crippen LogP contribution in [0.4, 0.5) is 11.4 Å². The van der Waals surface area contributed by atoms with E-state index in [0.29, 0.717) is 11.0 Å². The summed E-state index contributed by atoms with van der Waals surface area (Å²) in [7, 11) is -0.581. The van der Waals surface area contributed by atoms with Crippen LogP contribution in [0.25, 0.3) is 11.0 Å². The lowest BCUT2D eigenvalue weighted by Gasteiger charge is -2.13. The van der Waals surface area contributed by atoms with Crippen molar-refractivity contribution in [3.05, 3.63) is 48.2 Å². The third-order valence-electron chi connectivity index (χ3n) is 4.32. The standard InChI is InChI=1S/C21H23N3O6S/c1-5-29-17-9-7-15(22-13(2)25)11-20(17)31(27,28)23-21(26)19-10-14-6-8-16(24(3)4)12-18(14)30-19/h6-12H,5H2,1-4H3,(H,22,25)(H,23,26). The summed E-state index contributed by atoms with van der Waals surface area (Å²) in [6.45, 7) is 3.22. The molecule has 0 unspecified atom stereocenters. The Hall–Kier alpha value is -3.53. The lowest BCUT2D eigenvalue weighted by atomic mass is 10.2. The maximum absolute atomic E-state index is 12.9. The molecule has 2 amide bonds. The number of fused-ring (bicyclic) bond motifs is 1. The van der Waals surface area contributed by atoms with E-state index in [1.807, 2.05) is 29.8 Å². The summed E-state index contributed by atoms with van der Waals surface area (Å²) in [5.41, 5.74) is 1.58. The molecule has 0 fully saturated rings. The van der Waals surface area contributed by atoms with Crippen LogP contribution in [0.15, 0.2) is 51.8 Å². The quantitative estimate of drug-likeness (QED) is 0.574. The van der Waals surface area contributed by atoms with Gasteiger partial charge in [0.25, 0.3) is 10.0 Å². The molecule has 0 aliphatic heterocycles. The third-order valence-corrected chi connectivity index (χ3v) is 5.68. The van der Waals surface area contributed by atoms with Crippen molar-refractivity contribution in [3.8, 4) is 5.75 Å². The van der Waals surface area contributed by atoms with E-state index in [9.17, 15) is 18.0 Å². The van der Waals surface area contributed by atoms with Crippen molar-refractivity contribution in [2.45, 2.75) is 18.7 Å². The number of anilines is 2. The van der Waals surface area contributed by atoms with Crippen LogP contribution in [0.1, 0.15) is 24.4 Å². The largest absolute Gasteiger partial charge is 0.492 e. The average Bonchev–Trinajstić information content (AvgIpc) is 3.12. The zero-order chi connectivity index (χ0) is 22.8. The van der Waals surface area contributed by atoms with Gasteiger partial charge < -0.3 is 19.4 Å². The Morgan fingerprint density at radius 3 is 2.48 bits per heavy atom. The Bertz CT molecular complexity index is 1250. The number of hydrogen-bond acceptors (Lipinski definition) is 7. The molecule has 0 saturated carbocycles. The van der Waals surface area contributed by atoms with Gasteiger partial charge in [0.05, 0.1) is 6.61 Å². The molecule has 0 saturated heterocycles. The molecule has 31 heavy (non-hydrogen) atoms. The minimum atomic E-state index is -4.32. The second-order valence-electron chi connectivity index (χ2n) is 6.94. The number of nitrogens with zero attached hydrogens (tertiary/aromatic N) is 1. The van der Waals surface area contributed by atoms with Crippen LogP contribution in [-0.2, 0) is 14.8 Å². The van der Waals surface area contributed by atoms with Gasteiger partial charge in [-0.05, 0) is 43.3 Å². The second-order valence-corrected chi connectivity index (χ2v) is 8.59. The van der Waals surface area contributed by atoms with E-state index in [2.05, 4.69) is 5.32 Å². The van der Waals surface area contributed by atoms with Crippen molar-refractivity contribution >= 4 is 44.2 Å². The summed E-state index contributed by atoms with van der Waals surface area (Å²) in [6, 6.07) is 11.0. The van der Waals surface area contributed by atoms with E-state index in [4.69, 9.17) is 9.15 Å². The van der Waals surface area contributed by atoms with Gasteiger partial charge in [-0.2, -0.15) is 0 Å². The Morgan fingerprint density at radius 1 is 1.10 bits per heavy atom. The number of nitrogens with one attached hydrogen (secondary N) is 2. The van der Waals surface area contributed by atoms with Gasteiger partial charge >= 0.3 is 5.91 Å². The first-order valence-electron chi connectivity index (χ1n) is 9.43. The van der Waals surface area contributed by atoms with Crippen LogP contribution in [0.3, 0.4) is 0 Å². The summed E-state index contributed by atoms with van der Waals surface area (Å²) in [6.07, 6.45) is 0. The van der Waals surface area contributed by atoms with Crippen molar-refractivity contribution in [2.24, 2.45) is 0 Å². The zero-order valence-corrected chi connectivity index (χ0v) is 18.4. The molecule has 10 heteroatoms. The molecule has 2 N–H and O–H groups in total. The van der Waals surface area contributed by atoms with E-state index in [-0.39, 0.29) is 34.6 Å². The van der Waals surface area contributed by atoms with Gasteiger partial charge in [-0.15, -0.1) is 0 Å². The molecule has 0 aliphatic rings. The Kier molecular flexibility index (Phi) is 6.21. The fourth-order valence-electron chi connectivity index (χ4n) is 2.91. The van der Waals surface area contributed by atoms with Crippen LogP contribution < -0.4 is 19.7 Å². The zero-order valence-electron chi connectivity index (χ0n) is 17.6. The van der Waals surface area contributed by atoms with E-state index in [1.54, 1.807) is 19.1 Å². The van der Waals surface area contributed by atoms with Gasteiger partial charge in [-0.3, -0.25) is 9.59 Å². The summed E-state index contributed by atoms with van der Waals surface area (Å²) >= 11 is 0. The van der Waals surface area contributed by atoms with Crippen molar-refractivity contribution in [2.75, 3.05) is 30.9 Å². The monoisotopic (exact) mass is 445 g/mol. The molecule has 0 atom stereocenters. The highest BCUT2D eigenvalue weighted by atomic mass is 32.2. The number of carbonyl (C=O) groups excluding carboxylic acids is 2. The first-order chi connectivity index (χ1) is 14.6. The van der Waals surface area contributed by atoms with Crippen LogP contribution >= 0.6 is 0 Å². The molecule has 0 aliphatic carbocycles. The van der Waals surface area contributed by atoms with Gasteiger partial charge in [0, 0.05) is 43.8 Å². The lowest BCUT2D eigenvalue weighted by Crippen LogP contribution is -2.30. The molecule has 3 aromatic rings. The fourth-order valence-corrected chi connectivity index (χ4v) is 4.04. The highest BCUT2D eigenvalue weighted by Crippen LogP contribution is 2.28. The van der Waals surface area contributed by atoms with E-state index < -0.39 is 15.9 Å². The molecule has 1 aromatic heterocycles. The minimum Gasteiger partial charge on any atom is -0.492 e. The Morgan fingerprint density at radius 2 is 1.84 bits per heavy atom. The lowest BCUT2D eigenvalue weighted by molar-refractivity contribution is -0.114. The van der Waals surface area contributed by atoms with Gasteiger partial charge in [0.15, 0.2) is 5.76 Å². The number of amides is 2. The molecule has 0 spiro atoms. The van der Waals surface area contributed by atoms with Crippen molar-refractivity contribution in [3.63, 3.8) is 0 Å². The first kappa shape index (κ1) is 22.2. The van der Waals surface area contributed by atoms with Gasteiger partial charge in [0.2, 0.25) is 5.91 Å². The molecule has 0 radical (unpaired) electrons. The third kappa shape index (κ3) is 4.97. The molecular formula is C21H23N3O6S. The number of carbonyl (C=O) groups is 2. The number of hydrogen-bond donors (Lipinski definition) is 2. The molecule has 164 valence electrons. The van der Waals surface area contributed by atoms with Crippen LogP contribution in [0.2, 0.25) is 0 Å². The predicted molar refractivity (Wildman–Crippen MR) is 117 cm³/mol. The maximum Gasteiger partial charge on any atom is 0.300 e. The molecular weight excluding hydrogens is 422 g/mol. The van der Waals surface area contributed by atoms with Crippen LogP contribution in [-0.4, -0.2) is 40.9 Å². The van der Waals surface area contributed by atoms with E-state index in [1.165, 1.54) is 31.2 Å². The SMILES string of the molecule is CCOc1ccc(NC(C)=O)cc1S(=O)(=O)NC(=O)c1cc2ccc(N(C)C)cc2o1. The van der Waals surface area contributed by atoms with Gasteiger partial charge in [-0.25, -0.2) is 13.1 Å². The molecule has 3 rings (SSSR count). The van der Waals surface area contributed by atoms with E-state index in [0.717, 1.165) is 5.69 Å². The molecule has 1 heterocycles. The molecule has 2 aromatic carbocycles. The molecule has 9 nitrogen and oxygen atoms in total. The predicted octanol–water partition coefficient (Wildman–Crippen LogP) is 2.97. The Balaban J connectivity index is 1.93. The highest BCUT2D eigenvalue weighted by molar-refractivity contribution is 7.90. The van der Waals surface area contributed by atoms with Gasteiger partial charge in [0.1, 0.15) is 16.2 Å². The summed E-state index contributed by atoms with van der Waals surface area (Å²) in [5.74, 6) is -1.38. The fraction of sp³-hybridized carbons (Fsp3) is 0.238. The number of sulfonamides is 1. The number of benzene rings is 2. The maximum atomic E-state index is 12.9. The van der Waals surface area contributed by atoms with Crippen molar-refractivity contribution in [1.82, 2.24) is 4.72 Å². The van der Waals surface area contributed by atoms with Crippen molar-refractivity contribution in [1.29, 1.82) is 0 Å². The summed E-state index contributed by atoms with van der Waals surface area (Å²) in [5, 5.41) is 3.17. The number of rotatable bonds is 7. The van der Waals surface area contributed by atoms with Gasteiger partial charge in [-0.1, -0.05) is 0 Å². The number of furan rings is 1. The smallest absolute Gasteiger partial charge is 0.300 e. The number of ether oxygens (including phenoxy) is 1. The topological polar surface area (TPSA) is 118 Å². The minimum absolute atomic E-state index is 0.0529. The summed E-state index contributed by atoms with van der Waals surface area (Å²) in [4.78, 5) is 25.6.